The van der Waals surface area contributed by atoms with E-state index in [1.165, 1.54) is 18.5 Å². The number of β-amino-alcohol motifs (C(OH)–C–C–N with tert-alkyl or cyclic N) is 1. The van der Waals surface area contributed by atoms with E-state index < -0.39 is 5.60 Å². The summed E-state index contributed by atoms with van der Waals surface area (Å²) in [5, 5.41) is 10.1. The first kappa shape index (κ1) is 14.1. The number of rotatable bonds is 5. The molecule has 0 saturated carbocycles. The van der Waals surface area contributed by atoms with Gasteiger partial charge in [0, 0.05) is 18.3 Å². The second kappa shape index (κ2) is 5.74. The second-order valence-corrected chi connectivity index (χ2v) is 5.87. The van der Waals surface area contributed by atoms with E-state index in [2.05, 4.69) is 29.0 Å². The number of nitrogens with zero attached hydrogens (tertiary/aromatic N) is 2. The zero-order valence-electron chi connectivity index (χ0n) is 12.2. The number of anilines is 1. The maximum Gasteiger partial charge on any atom is 0.0770 e. The molecule has 1 N–H and O–H groups in total. The van der Waals surface area contributed by atoms with Crippen LogP contribution in [0.5, 0.6) is 0 Å². The third-order valence-electron chi connectivity index (χ3n) is 3.37. The van der Waals surface area contributed by atoms with Gasteiger partial charge in [0.05, 0.1) is 23.5 Å². The van der Waals surface area contributed by atoms with Crippen molar-refractivity contribution in [2.75, 3.05) is 11.4 Å². The summed E-state index contributed by atoms with van der Waals surface area (Å²) in [4.78, 5) is 6.68. The Morgan fingerprint density at radius 2 is 2.21 bits per heavy atom. The van der Waals surface area contributed by atoms with E-state index in [0.29, 0.717) is 6.54 Å². The minimum atomic E-state index is -0.713. The molecule has 0 unspecified atom stereocenters. The van der Waals surface area contributed by atoms with Crippen molar-refractivity contribution in [3.05, 3.63) is 35.8 Å². The van der Waals surface area contributed by atoms with Crippen molar-refractivity contribution in [2.24, 2.45) is 0 Å². The van der Waals surface area contributed by atoms with Gasteiger partial charge < -0.3 is 10.0 Å². The molecular weight excluding hydrogens is 236 g/mol. The van der Waals surface area contributed by atoms with E-state index in [4.69, 9.17) is 0 Å². The highest BCUT2D eigenvalue weighted by Gasteiger charge is 2.25. The van der Waals surface area contributed by atoms with Crippen molar-refractivity contribution in [1.29, 1.82) is 0 Å². The van der Waals surface area contributed by atoms with E-state index >= 15 is 0 Å². The molecule has 2 rings (SSSR count). The lowest BCUT2D eigenvalue weighted by molar-refractivity contribution is 0.0886. The van der Waals surface area contributed by atoms with Crippen LogP contribution in [0.4, 0.5) is 5.69 Å². The van der Waals surface area contributed by atoms with Gasteiger partial charge in [0.25, 0.3) is 0 Å². The van der Waals surface area contributed by atoms with E-state index in [0.717, 1.165) is 24.2 Å². The van der Waals surface area contributed by atoms with E-state index in [1.807, 2.05) is 26.1 Å². The highest BCUT2D eigenvalue weighted by molar-refractivity contribution is 5.59. The Labute approximate surface area is 116 Å². The lowest BCUT2D eigenvalue weighted by atomic mass is 10.0. The Bertz CT molecular complexity index is 460. The molecule has 0 atom stereocenters. The number of aliphatic hydroxyl groups is 1. The number of pyridine rings is 1. The minimum absolute atomic E-state index is 0.612. The predicted octanol–water partition coefficient (Wildman–Crippen LogP) is 3.29. The Morgan fingerprint density at radius 3 is 2.89 bits per heavy atom. The topological polar surface area (TPSA) is 36.4 Å². The summed E-state index contributed by atoms with van der Waals surface area (Å²) in [6.07, 6.45) is 8.44. The highest BCUT2D eigenvalue weighted by Crippen LogP contribution is 2.31. The molecule has 3 nitrogen and oxygen atoms in total. The van der Waals surface area contributed by atoms with Gasteiger partial charge >= 0.3 is 0 Å². The van der Waals surface area contributed by atoms with E-state index in [1.54, 1.807) is 0 Å². The number of aromatic nitrogens is 1. The average Bonchev–Trinajstić information content (AvgIpc) is 2.36. The van der Waals surface area contributed by atoms with Crippen LogP contribution in [0.3, 0.4) is 0 Å². The van der Waals surface area contributed by atoms with Crippen molar-refractivity contribution in [3.8, 4) is 0 Å². The van der Waals surface area contributed by atoms with Gasteiger partial charge in [-0.25, -0.2) is 0 Å². The van der Waals surface area contributed by atoms with Crippen LogP contribution in [0.2, 0.25) is 0 Å². The Morgan fingerprint density at radius 1 is 1.42 bits per heavy atom. The lowest BCUT2D eigenvalue weighted by Gasteiger charge is -2.36. The quantitative estimate of drug-likeness (QED) is 0.882. The molecule has 0 aromatic carbocycles. The van der Waals surface area contributed by atoms with Crippen LogP contribution in [0, 0.1) is 0 Å². The SMILES string of the molecule is CCCCC1=CCc2ncccc2N1CC(C)(C)O. The number of hydrogen-bond donors (Lipinski definition) is 1. The van der Waals surface area contributed by atoms with Crippen LogP contribution in [-0.4, -0.2) is 22.2 Å². The number of unbranched alkanes of at least 4 members (excludes halogenated alkanes) is 1. The van der Waals surface area contributed by atoms with Crippen LogP contribution in [0.15, 0.2) is 30.1 Å². The zero-order chi connectivity index (χ0) is 13.9. The number of hydrogen-bond acceptors (Lipinski definition) is 3. The van der Waals surface area contributed by atoms with Crippen molar-refractivity contribution >= 4 is 5.69 Å². The summed E-state index contributed by atoms with van der Waals surface area (Å²) in [6.45, 7) is 6.53. The molecule has 0 fully saturated rings. The predicted molar refractivity (Wildman–Crippen MR) is 79.2 cm³/mol. The smallest absolute Gasteiger partial charge is 0.0770 e. The summed E-state index contributed by atoms with van der Waals surface area (Å²) < 4.78 is 0. The summed E-state index contributed by atoms with van der Waals surface area (Å²) in [5.74, 6) is 0. The Balaban J connectivity index is 2.28. The molecule has 0 spiro atoms. The molecular formula is C16H24N2O. The first-order valence-electron chi connectivity index (χ1n) is 7.14. The number of allylic oxidation sites excluding steroid dienone is 2. The second-order valence-electron chi connectivity index (χ2n) is 5.87. The molecule has 0 amide bonds. The first-order chi connectivity index (χ1) is 9.01. The van der Waals surface area contributed by atoms with E-state index in [9.17, 15) is 5.11 Å². The summed E-state index contributed by atoms with van der Waals surface area (Å²) in [6, 6.07) is 4.08. The van der Waals surface area contributed by atoms with Gasteiger partial charge in [0.1, 0.15) is 0 Å². The zero-order valence-corrected chi connectivity index (χ0v) is 12.2. The van der Waals surface area contributed by atoms with E-state index in [-0.39, 0.29) is 0 Å². The van der Waals surface area contributed by atoms with Gasteiger partial charge in [0.15, 0.2) is 0 Å². The largest absolute Gasteiger partial charge is 0.389 e. The fourth-order valence-electron chi connectivity index (χ4n) is 2.48. The summed E-state index contributed by atoms with van der Waals surface area (Å²) in [7, 11) is 0. The van der Waals surface area contributed by atoms with Gasteiger partial charge in [-0.15, -0.1) is 0 Å². The van der Waals surface area contributed by atoms with Crippen molar-refractivity contribution in [2.45, 2.75) is 52.1 Å². The molecule has 1 aromatic rings. The maximum absolute atomic E-state index is 10.1. The third kappa shape index (κ3) is 3.57. The van der Waals surface area contributed by atoms with Gasteiger partial charge in [-0.1, -0.05) is 19.4 Å². The van der Waals surface area contributed by atoms with Crippen molar-refractivity contribution in [1.82, 2.24) is 4.98 Å². The minimum Gasteiger partial charge on any atom is -0.389 e. The Kier molecular flexibility index (Phi) is 4.25. The third-order valence-corrected chi connectivity index (χ3v) is 3.37. The molecule has 2 heterocycles. The first-order valence-corrected chi connectivity index (χ1v) is 7.14. The maximum atomic E-state index is 10.1. The molecule has 1 aromatic heterocycles. The molecule has 104 valence electrons. The molecule has 0 saturated heterocycles. The molecule has 0 bridgehead atoms. The molecule has 0 radical (unpaired) electrons. The highest BCUT2D eigenvalue weighted by atomic mass is 16.3. The van der Waals surface area contributed by atoms with Gasteiger partial charge in [-0.05, 0) is 38.8 Å². The molecule has 19 heavy (non-hydrogen) atoms. The van der Waals surface area contributed by atoms with Crippen LogP contribution in [-0.2, 0) is 6.42 Å². The summed E-state index contributed by atoms with van der Waals surface area (Å²) in [5.41, 5.74) is 2.87. The molecule has 3 heteroatoms. The fourth-order valence-corrected chi connectivity index (χ4v) is 2.48. The molecule has 1 aliphatic rings. The van der Waals surface area contributed by atoms with Crippen LogP contribution < -0.4 is 4.90 Å². The van der Waals surface area contributed by atoms with Crippen LogP contribution >= 0.6 is 0 Å². The van der Waals surface area contributed by atoms with Crippen LogP contribution in [0.25, 0.3) is 0 Å². The molecule has 1 aliphatic heterocycles. The van der Waals surface area contributed by atoms with Gasteiger partial charge in [-0.3, -0.25) is 4.98 Å². The number of fused-ring (bicyclic) bond motifs is 1. The standard InChI is InChI=1S/C16H24N2O/c1-4-5-7-13-9-10-14-15(8-6-11-17-14)18(13)12-16(2,3)19/h6,8-9,11,19H,4-5,7,10,12H2,1-3H3. The normalized spacial score (nSPS) is 15.2. The molecule has 0 aliphatic carbocycles. The average molecular weight is 260 g/mol. The van der Waals surface area contributed by atoms with Crippen molar-refractivity contribution in [3.63, 3.8) is 0 Å². The van der Waals surface area contributed by atoms with Crippen LogP contribution in [0.1, 0.15) is 45.7 Å². The summed E-state index contributed by atoms with van der Waals surface area (Å²) >= 11 is 0. The van der Waals surface area contributed by atoms with Gasteiger partial charge in [0.2, 0.25) is 0 Å². The Hall–Kier alpha value is -1.35. The van der Waals surface area contributed by atoms with Crippen molar-refractivity contribution < 1.29 is 5.11 Å². The lowest BCUT2D eigenvalue weighted by Crippen LogP contribution is -2.39. The monoisotopic (exact) mass is 260 g/mol. The van der Waals surface area contributed by atoms with Gasteiger partial charge in [-0.2, -0.15) is 0 Å². The fraction of sp³-hybridized carbons (Fsp3) is 0.562.